The lowest BCUT2D eigenvalue weighted by Gasteiger charge is -2.36. The summed E-state index contributed by atoms with van der Waals surface area (Å²) in [4.78, 5) is 2.07. The van der Waals surface area contributed by atoms with Crippen molar-refractivity contribution in [2.24, 2.45) is 0 Å². The van der Waals surface area contributed by atoms with Crippen molar-refractivity contribution in [2.45, 2.75) is 25.0 Å². The molecule has 4 rings (SSSR count). The van der Waals surface area contributed by atoms with Gasteiger partial charge in [0.15, 0.2) is 11.5 Å². The van der Waals surface area contributed by atoms with Gasteiger partial charge in [-0.3, -0.25) is 0 Å². The number of fused-ring (bicyclic) bond motifs is 2. The first kappa shape index (κ1) is 15.1. The monoisotopic (exact) mass is 327 g/mol. The van der Waals surface area contributed by atoms with Gasteiger partial charge in [0, 0.05) is 50.7 Å². The Hall–Kier alpha value is -2.40. The van der Waals surface area contributed by atoms with E-state index in [2.05, 4.69) is 29.2 Å². The maximum absolute atomic E-state index is 10.5. The summed E-state index contributed by atoms with van der Waals surface area (Å²) < 4.78 is 16.7. The topological polar surface area (TPSA) is 51.2 Å². The van der Waals surface area contributed by atoms with Gasteiger partial charge in [0.05, 0.1) is 0 Å². The van der Waals surface area contributed by atoms with Crippen LogP contribution < -0.4 is 19.1 Å². The highest BCUT2D eigenvalue weighted by molar-refractivity contribution is 5.57. The van der Waals surface area contributed by atoms with Crippen LogP contribution in [0.25, 0.3) is 0 Å². The van der Waals surface area contributed by atoms with E-state index in [1.54, 1.807) is 6.92 Å². The number of ether oxygens (including phenoxy) is 3. The van der Waals surface area contributed by atoms with Crippen molar-refractivity contribution in [3.63, 3.8) is 0 Å². The molecule has 0 amide bonds. The summed E-state index contributed by atoms with van der Waals surface area (Å²) in [7, 11) is 4.04. The number of aliphatic hydroxyl groups is 1. The molecule has 1 N–H and O–H groups in total. The fraction of sp³-hybridized carbons (Fsp3) is 0.368. The molecule has 0 radical (unpaired) electrons. The van der Waals surface area contributed by atoms with Gasteiger partial charge in [-0.15, -0.1) is 0 Å². The highest BCUT2D eigenvalue weighted by atomic mass is 16.7. The number of nitrogens with zero attached hydrogens (tertiary/aromatic N) is 1. The van der Waals surface area contributed by atoms with E-state index in [-0.39, 0.29) is 12.7 Å². The van der Waals surface area contributed by atoms with Crippen molar-refractivity contribution in [3.8, 4) is 17.2 Å². The van der Waals surface area contributed by atoms with E-state index in [1.165, 1.54) is 0 Å². The van der Waals surface area contributed by atoms with Crippen LogP contribution in [0.5, 0.6) is 17.2 Å². The Bertz CT molecular complexity index is 768. The van der Waals surface area contributed by atoms with Crippen LogP contribution in [0.2, 0.25) is 0 Å². The molecule has 2 aliphatic heterocycles. The van der Waals surface area contributed by atoms with Crippen molar-refractivity contribution in [2.75, 3.05) is 25.8 Å². The first-order valence-electron chi connectivity index (χ1n) is 8.05. The quantitative estimate of drug-likeness (QED) is 0.918. The summed E-state index contributed by atoms with van der Waals surface area (Å²) in [5, 5.41) is 10.5. The predicted octanol–water partition coefficient (Wildman–Crippen LogP) is 3.10. The van der Waals surface area contributed by atoms with Crippen LogP contribution in [0, 0.1) is 0 Å². The second-order valence-corrected chi connectivity index (χ2v) is 6.76. The fourth-order valence-corrected chi connectivity index (χ4v) is 3.37. The molecule has 0 unspecified atom stereocenters. The molecule has 2 heterocycles. The van der Waals surface area contributed by atoms with Gasteiger partial charge >= 0.3 is 0 Å². The first-order valence-corrected chi connectivity index (χ1v) is 8.05. The second-order valence-electron chi connectivity index (χ2n) is 6.76. The van der Waals surface area contributed by atoms with Gasteiger partial charge in [-0.25, -0.2) is 0 Å². The Morgan fingerprint density at radius 1 is 1.04 bits per heavy atom. The number of benzene rings is 2. The van der Waals surface area contributed by atoms with Crippen LogP contribution in [-0.4, -0.2) is 31.8 Å². The van der Waals surface area contributed by atoms with Crippen LogP contribution in [0.3, 0.4) is 0 Å². The molecule has 0 fully saturated rings. The van der Waals surface area contributed by atoms with Gasteiger partial charge in [-0.1, -0.05) is 12.1 Å². The van der Waals surface area contributed by atoms with Crippen molar-refractivity contribution in [1.82, 2.24) is 0 Å². The van der Waals surface area contributed by atoms with Gasteiger partial charge < -0.3 is 24.2 Å². The third-order valence-electron chi connectivity index (χ3n) is 4.60. The van der Waals surface area contributed by atoms with Crippen LogP contribution in [0.1, 0.15) is 30.4 Å². The molecule has 0 saturated carbocycles. The van der Waals surface area contributed by atoms with Gasteiger partial charge in [-0.05, 0) is 23.8 Å². The van der Waals surface area contributed by atoms with Crippen molar-refractivity contribution >= 4 is 5.69 Å². The minimum atomic E-state index is -1.22. The standard InChI is InChI=1S/C19H21NO4/c1-19(21)10-15(12-4-6-13(7-5-12)20(2)3)14-8-17-18(23-11-22-17)9-16(14)24-19/h4-9,15,21H,10-11H2,1-3H3/t15-,19+/m0/s1. The lowest BCUT2D eigenvalue weighted by Crippen LogP contribution is -2.38. The Kier molecular flexibility index (Phi) is 3.35. The van der Waals surface area contributed by atoms with Crippen molar-refractivity contribution in [1.29, 1.82) is 0 Å². The Balaban J connectivity index is 1.78. The van der Waals surface area contributed by atoms with Crippen LogP contribution in [0.4, 0.5) is 5.69 Å². The minimum absolute atomic E-state index is 0.0365. The third kappa shape index (κ3) is 2.55. The number of hydrogen-bond donors (Lipinski definition) is 1. The molecule has 126 valence electrons. The fourth-order valence-electron chi connectivity index (χ4n) is 3.37. The predicted molar refractivity (Wildman–Crippen MR) is 91.0 cm³/mol. The van der Waals surface area contributed by atoms with E-state index < -0.39 is 5.79 Å². The zero-order valence-corrected chi connectivity index (χ0v) is 14.1. The van der Waals surface area contributed by atoms with E-state index >= 15 is 0 Å². The number of hydrogen-bond acceptors (Lipinski definition) is 5. The molecule has 24 heavy (non-hydrogen) atoms. The lowest BCUT2D eigenvalue weighted by atomic mass is 9.83. The molecule has 5 nitrogen and oxygen atoms in total. The molecule has 0 aromatic heterocycles. The summed E-state index contributed by atoms with van der Waals surface area (Å²) in [5.74, 6) is 0.861. The Morgan fingerprint density at radius 3 is 2.38 bits per heavy atom. The summed E-state index contributed by atoms with van der Waals surface area (Å²) in [6.07, 6.45) is 0.487. The van der Waals surface area contributed by atoms with Gasteiger partial charge in [0.25, 0.3) is 0 Å². The van der Waals surface area contributed by atoms with Crippen LogP contribution in [0.15, 0.2) is 36.4 Å². The third-order valence-corrected chi connectivity index (χ3v) is 4.60. The summed E-state index contributed by atoms with van der Waals surface area (Å²) in [6.45, 7) is 1.92. The van der Waals surface area contributed by atoms with Crippen molar-refractivity contribution in [3.05, 3.63) is 47.5 Å². The highest BCUT2D eigenvalue weighted by Crippen LogP contribution is 2.48. The Morgan fingerprint density at radius 2 is 1.71 bits per heavy atom. The smallest absolute Gasteiger partial charge is 0.231 e. The van der Waals surface area contributed by atoms with E-state index in [0.29, 0.717) is 17.9 Å². The maximum atomic E-state index is 10.5. The minimum Gasteiger partial charge on any atom is -0.462 e. The zero-order chi connectivity index (χ0) is 16.9. The molecule has 2 aliphatic rings. The molecule has 0 bridgehead atoms. The molecule has 0 spiro atoms. The number of anilines is 1. The molecule has 2 aromatic carbocycles. The molecule has 0 aliphatic carbocycles. The van der Waals surface area contributed by atoms with E-state index in [0.717, 1.165) is 22.6 Å². The van der Waals surface area contributed by atoms with Gasteiger partial charge in [0.2, 0.25) is 12.6 Å². The van der Waals surface area contributed by atoms with Gasteiger partial charge in [0.1, 0.15) is 5.75 Å². The lowest BCUT2D eigenvalue weighted by molar-refractivity contribution is -0.137. The average Bonchev–Trinajstić information content (AvgIpc) is 2.98. The molecular weight excluding hydrogens is 306 g/mol. The zero-order valence-electron chi connectivity index (χ0n) is 14.1. The maximum Gasteiger partial charge on any atom is 0.231 e. The van der Waals surface area contributed by atoms with Gasteiger partial charge in [-0.2, -0.15) is 0 Å². The van der Waals surface area contributed by atoms with Crippen LogP contribution in [-0.2, 0) is 0 Å². The van der Waals surface area contributed by atoms with Crippen LogP contribution >= 0.6 is 0 Å². The molecule has 2 atom stereocenters. The summed E-state index contributed by atoms with van der Waals surface area (Å²) in [5.41, 5.74) is 3.30. The number of rotatable bonds is 2. The summed E-state index contributed by atoms with van der Waals surface area (Å²) in [6, 6.07) is 12.2. The molecule has 2 aromatic rings. The SMILES string of the molecule is CN(C)c1ccc([C@@H]2C[C@](C)(O)Oc3cc4c(cc32)OCO4)cc1. The van der Waals surface area contributed by atoms with E-state index in [1.807, 2.05) is 26.2 Å². The van der Waals surface area contributed by atoms with E-state index in [4.69, 9.17) is 14.2 Å². The first-order chi connectivity index (χ1) is 11.4. The normalized spacial score (nSPS) is 24.2. The summed E-state index contributed by atoms with van der Waals surface area (Å²) >= 11 is 0. The van der Waals surface area contributed by atoms with E-state index in [9.17, 15) is 5.11 Å². The van der Waals surface area contributed by atoms with Crippen molar-refractivity contribution < 1.29 is 19.3 Å². The molecule has 0 saturated heterocycles. The largest absolute Gasteiger partial charge is 0.462 e. The molecular formula is C19H21NO4. The molecule has 5 heteroatoms. The second kappa shape index (κ2) is 5.31. The average molecular weight is 327 g/mol. The Labute approximate surface area is 141 Å². The highest BCUT2D eigenvalue weighted by Gasteiger charge is 2.38.